The van der Waals surface area contributed by atoms with Crippen molar-refractivity contribution >= 4 is 23.3 Å². The number of hydrogen-bond acceptors (Lipinski definition) is 6. The molecule has 0 saturated carbocycles. The topological polar surface area (TPSA) is 90.7 Å². The molecule has 0 radical (unpaired) electrons. The number of nitrogens with one attached hydrogen (secondary N) is 2. The molecule has 1 aromatic carbocycles. The minimum atomic E-state index is -0.736. The van der Waals surface area contributed by atoms with Crippen molar-refractivity contribution in [2.45, 2.75) is 13.3 Å². The Morgan fingerprint density at radius 2 is 1.85 bits per heavy atom. The average molecular weight is 371 g/mol. The van der Waals surface area contributed by atoms with Gasteiger partial charge in [0.25, 0.3) is 0 Å². The predicted octanol–water partition coefficient (Wildman–Crippen LogP) is 1.25. The van der Waals surface area contributed by atoms with Gasteiger partial charge < -0.3 is 14.7 Å². The molecular formula is C19H25N5O3. The third kappa shape index (κ3) is 5.55. The number of piperazine rings is 1. The van der Waals surface area contributed by atoms with Crippen molar-refractivity contribution < 1.29 is 14.1 Å². The molecule has 27 heavy (non-hydrogen) atoms. The van der Waals surface area contributed by atoms with E-state index in [2.05, 4.69) is 49.9 Å². The van der Waals surface area contributed by atoms with Crippen LogP contribution in [0.3, 0.4) is 0 Å². The Hall–Kier alpha value is -2.87. The van der Waals surface area contributed by atoms with Gasteiger partial charge in [0.2, 0.25) is 0 Å². The van der Waals surface area contributed by atoms with Crippen LogP contribution in [0.5, 0.6) is 0 Å². The van der Waals surface area contributed by atoms with Crippen molar-refractivity contribution in [1.82, 2.24) is 15.4 Å². The Bertz CT molecular complexity index is 754. The van der Waals surface area contributed by atoms with Crippen LogP contribution in [0.2, 0.25) is 0 Å². The zero-order valence-corrected chi connectivity index (χ0v) is 15.5. The number of anilines is 2. The van der Waals surface area contributed by atoms with Gasteiger partial charge in [0.15, 0.2) is 5.82 Å². The highest BCUT2D eigenvalue weighted by Gasteiger charge is 2.18. The van der Waals surface area contributed by atoms with Gasteiger partial charge in [0, 0.05) is 44.5 Å². The minimum Gasteiger partial charge on any atom is -0.369 e. The molecule has 0 aliphatic carbocycles. The fourth-order valence-electron chi connectivity index (χ4n) is 3.05. The number of carbonyl (C=O) groups excluding carboxylic acids is 2. The normalized spacial score (nSPS) is 14.8. The fourth-order valence-corrected chi connectivity index (χ4v) is 3.05. The first kappa shape index (κ1) is 18.9. The number of benzene rings is 1. The van der Waals surface area contributed by atoms with Gasteiger partial charge in [0.1, 0.15) is 5.76 Å². The van der Waals surface area contributed by atoms with E-state index in [4.69, 9.17) is 4.52 Å². The monoisotopic (exact) mass is 371 g/mol. The van der Waals surface area contributed by atoms with E-state index in [0.29, 0.717) is 12.3 Å². The number of carbonyl (C=O) groups is 2. The van der Waals surface area contributed by atoms with Gasteiger partial charge in [-0.2, -0.15) is 0 Å². The molecule has 8 heteroatoms. The molecule has 8 nitrogen and oxygen atoms in total. The molecule has 0 bridgehead atoms. The van der Waals surface area contributed by atoms with Crippen molar-refractivity contribution in [2.24, 2.45) is 0 Å². The molecule has 2 amide bonds. The molecule has 0 spiro atoms. The van der Waals surface area contributed by atoms with E-state index in [1.165, 1.54) is 5.69 Å². The largest absolute Gasteiger partial charge is 0.369 e. The molecule has 144 valence electrons. The summed E-state index contributed by atoms with van der Waals surface area (Å²) in [7, 11) is 0. The van der Waals surface area contributed by atoms with Crippen molar-refractivity contribution in [3.63, 3.8) is 0 Å². The summed E-state index contributed by atoms with van der Waals surface area (Å²) in [5, 5.41) is 8.66. The second-order valence-electron chi connectivity index (χ2n) is 6.55. The Morgan fingerprint density at radius 1 is 1.11 bits per heavy atom. The van der Waals surface area contributed by atoms with Crippen LogP contribution >= 0.6 is 0 Å². The Morgan fingerprint density at radius 3 is 2.52 bits per heavy atom. The van der Waals surface area contributed by atoms with Gasteiger partial charge in [-0.25, -0.2) is 0 Å². The first-order chi connectivity index (χ1) is 13.1. The molecule has 2 heterocycles. The highest BCUT2D eigenvalue weighted by atomic mass is 16.5. The summed E-state index contributed by atoms with van der Waals surface area (Å²) in [4.78, 5) is 28.3. The Balaban J connectivity index is 1.30. The van der Waals surface area contributed by atoms with Crippen LogP contribution in [0.4, 0.5) is 11.5 Å². The highest BCUT2D eigenvalue weighted by molar-refractivity contribution is 6.39. The van der Waals surface area contributed by atoms with Gasteiger partial charge in [-0.05, 0) is 32.0 Å². The van der Waals surface area contributed by atoms with E-state index in [1.54, 1.807) is 13.0 Å². The lowest BCUT2D eigenvalue weighted by molar-refractivity contribution is -0.136. The van der Waals surface area contributed by atoms with E-state index >= 15 is 0 Å². The molecule has 1 saturated heterocycles. The van der Waals surface area contributed by atoms with Crippen LogP contribution in [0.1, 0.15) is 12.2 Å². The second-order valence-corrected chi connectivity index (χ2v) is 6.55. The molecule has 0 atom stereocenters. The molecule has 1 aromatic heterocycles. The van der Waals surface area contributed by atoms with Crippen molar-refractivity contribution in [3.8, 4) is 0 Å². The molecule has 2 N–H and O–H groups in total. The SMILES string of the molecule is Cc1cc(NC(=O)C(=O)NCCCN2CCN(c3ccccc3)CC2)no1. The van der Waals surface area contributed by atoms with Gasteiger partial charge in [-0.3, -0.25) is 19.8 Å². The number of aromatic nitrogens is 1. The third-order valence-electron chi connectivity index (χ3n) is 4.51. The maximum Gasteiger partial charge on any atom is 0.314 e. The maximum absolute atomic E-state index is 11.8. The predicted molar refractivity (Wildman–Crippen MR) is 103 cm³/mol. The first-order valence-electron chi connectivity index (χ1n) is 9.16. The van der Waals surface area contributed by atoms with Gasteiger partial charge in [0.05, 0.1) is 0 Å². The Kier molecular flexibility index (Phi) is 6.43. The van der Waals surface area contributed by atoms with Crippen molar-refractivity contribution in [3.05, 3.63) is 42.2 Å². The third-order valence-corrected chi connectivity index (χ3v) is 4.51. The molecule has 1 aliphatic heterocycles. The van der Waals surface area contributed by atoms with Crippen molar-refractivity contribution in [2.75, 3.05) is 49.5 Å². The summed E-state index contributed by atoms with van der Waals surface area (Å²) in [6, 6.07) is 12.0. The van der Waals surface area contributed by atoms with Gasteiger partial charge in [-0.15, -0.1) is 0 Å². The van der Waals surface area contributed by atoms with E-state index in [1.807, 2.05) is 6.07 Å². The summed E-state index contributed by atoms with van der Waals surface area (Å²) >= 11 is 0. The Labute approximate surface area is 158 Å². The van der Waals surface area contributed by atoms with Crippen molar-refractivity contribution in [1.29, 1.82) is 0 Å². The lowest BCUT2D eigenvalue weighted by Gasteiger charge is -2.36. The molecule has 1 aliphatic rings. The van der Waals surface area contributed by atoms with Crippen LogP contribution in [0, 0.1) is 6.92 Å². The number of nitrogens with zero attached hydrogens (tertiary/aromatic N) is 3. The van der Waals surface area contributed by atoms with Crippen LogP contribution in [0.15, 0.2) is 40.9 Å². The van der Waals surface area contributed by atoms with E-state index in [-0.39, 0.29) is 5.82 Å². The van der Waals surface area contributed by atoms with Gasteiger partial charge >= 0.3 is 11.8 Å². The number of hydrogen-bond donors (Lipinski definition) is 2. The van der Waals surface area contributed by atoms with Crippen LogP contribution in [0.25, 0.3) is 0 Å². The minimum absolute atomic E-state index is 0.240. The molecular weight excluding hydrogens is 346 g/mol. The summed E-state index contributed by atoms with van der Waals surface area (Å²) in [5.41, 5.74) is 1.26. The standard InChI is InChI=1S/C19H25N5O3/c1-15-14-17(22-27-15)21-19(26)18(25)20-8-5-9-23-10-12-24(13-11-23)16-6-3-2-4-7-16/h2-4,6-7,14H,5,8-13H2,1H3,(H,20,25)(H,21,22,26). The second kappa shape index (κ2) is 9.18. The number of amides is 2. The number of aryl methyl sites for hydroxylation is 1. The van der Waals surface area contributed by atoms with E-state index in [9.17, 15) is 9.59 Å². The maximum atomic E-state index is 11.8. The number of para-hydroxylation sites is 1. The van der Waals surface area contributed by atoms with Gasteiger partial charge in [-0.1, -0.05) is 23.4 Å². The van der Waals surface area contributed by atoms with E-state index < -0.39 is 11.8 Å². The molecule has 3 rings (SSSR count). The summed E-state index contributed by atoms with van der Waals surface area (Å²) in [6.07, 6.45) is 0.799. The van der Waals surface area contributed by atoms with Crippen LogP contribution in [-0.2, 0) is 9.59 Å². The smallest absolute Gasteiger partial charge is 0.314 e. The lowest BCUT2D eigenvalue weighted by Crippen LogP contribution is -2.47. The molecule has 2 aromatic rings. The highest BCUT2D eigenvalue weighted by Crippen LogP contribution is 2.15. The van der Waals surface area contributed by atoms with E-state index in [0.717, 1.165) is 39.1 Å². The lowest BCUT2D eigenvalue weighted by atomic mass is 10.2. The zero-order chi connectivity index (χ0) is 19.1. The molecule has 1 fully saturated rings. The van der Waals surface area contributed by atoms with Crippen LogP contribution in [-0.4, -0.2) is 61.1 Å². The average Bonchev–Trinajstić information content (AvgIpc) is 3.11. The molecule has 0 unspecified atom stereocenters. The zero-order valence-electron chi connectivity index (χ0n) is 15.5. The summed E-state index contributed by atoms with van der Waals surface area (Å²) in [6.45, 7) is 7.05. The summed E-state index contributed by atoms with van der Waals surface area (Å²) < 4.78 is 4.84. The quantitative estimate of drug-likeness (QED) is 0.587. The number of rotatable bonds is 6. The summed E-state index contributed by atoms with van der Waals surface area (Å²) in [5.74, 6) is -0.591. The van der Waals surface area contributed by atoms with Crippen LogP contribution < -0.4 is 15.5 Å². The fraction of sp³-hybridized carbons (Fsp3) is 0.421. The first-order valence-corrected chi connectivity index (χ1v) is 9.16.